The van der Waals surface area contributed by atoms with Gasteiger partial charge in [-0.05, 0) is 88.6 Å². The molecule has 0 bridgehead atoms. The summed E-state index contributed by atoms with van der Waals surface area (Å²) < 4.78 is 42.1. The fraction of sp³-hybridized carbons (Fsp3) is 0.475. The van der Waals surface area contributed by atoms with Crippen LogP contribution in [0.15, 0.2) is 59.8 Å². The number of sulfonamides is 1. The van der Waals surface area contributed by atoms with Crippen LogP contribution in [-0.4, -0.2) is 65.3 Å². The maximum atomic E-state index is 13.6. The van der Waals surface area contributed by atoms with E-state index in [-0.39, 0.29) is 46.5 Å². The zero-order chi connectivity index (χ0) is 38.2. The van der Waals surface area contributed by atoms with Crippen LogP contribution in [0.5, 0.6) is 11.6 Å². The number of carbonyl (C=O) groups is 1. The number of benzene rings is 2. The quantitative estimate of drug-likeness (QED) is 0.107. The lowest BCUT2D eigenvalue weighted by molar-refractivity contribution is 0.111. The third kappa shape index (κ3) is 11.3. The molecule has 0 radical (unpaired) electrons. The second-order valence-electron chi connectivity index (χ2n) is 15.3. The lowest BCUT2D eigenvalue weighted by Crippen LogP contribution is -2.39. The number of nitrogens with zero attached hydrogens (tertiary/aromatic N) is 5. The minimum Gasteiger partial charge on any atom is -0.488 e. The number of hydrogen-bond donors (Lipinski definition) is 1. The number of nitrogens with one attached hydrogen (secondary N) is 1. The molecule has 0 aliphatic rings. The first-order valence-electron chi connectivity index (χ1n) is 17.8. The molecule has 2 aromatic carbocycles. The van der Waals surface area contributed by atoms with Gasteiger partial charge in [-0.1, -0.05) is 65.0 Å². The van der Waals surface area contributed by atoms with Crippen LogP contribution in [0.2, 0.25) is 0 Å². The fourth-order valence-corrected chi connectivity index (χ4v) is 6.91. The number of likely N-dealkylation sites (N-methyl/N-ethyl adjacent to an activating group) is 1. The number of aromatic nitrogens is 4. The number of carbonyl (C=O) groups excluding carboxylic acids is 1. The molecule has 1 N–H and O–H groups in total. The van der Waals surface area contributed by atoms with Gasteiger partial charge in [-0.25, -0.2) is 28.1 Å². The predicted octanol–water partition coefficient (Wildman–Crippen LogP) is 7.86. The predicted molar refractivity (Wildman–Crippen MR) is 205 cm³/mol. The highest BCUT2D eigenvalue weighted by atomic mass is 32.2. The van der Waals surface area contributed by atoms with Crippen molar-refractivity contribution in [2.75, 3.05) is 18.4 Å². The van der Waals surface area contributed by atoms with Gasteiger partial charge < -0.3 is 9.47 Å². The van der Waals surface area contributed by atoms with Gasteiger partial charge in [0.25, 0.3) is 10.0 Å². The summed E-state index contributed by atoms with van der Waals surface area (Å²) in [5.74, 6) is 1.93. The van der Waals surface area contributed by atoms with Gasteiger partial charge in [-0.15, -0.1) is 0 Å². The van der Waals surface area contributed by atoms with Crippen molar-refractivity contribution < 1.29 is 22.7 Å². The summed E-state index contributed by atoms with van der Waals surface area (Å²) in [5, 5.41) is 0. The van der Waals surface area contributed by atoms with E-state index in [1.54, 1.807) is 18.5 Å². The summed E-state index contributed by atoms with van der Waals surface area (Å²) in [4.78, 5) is 32.0. The van der Waals surface area contributed by atoms with Crippen molar-refractivity contribution in [1.29, 1.82) is 0 Å². The molecule has 2 aromatic heterocycles. The number of ether oxygens (including phenoxy) is 2. The number of rotatable bonds is 17. The van der Waals surface area contributed by atoms with Gasteiger partial charge in [0.05, 0.1) is 35.6 Å². The molecule has 4 aromatic rings. The van der Waals surface area contributed by atoms with Gasteiger partial charge in [0.15, 0.2) is 5.75 Å². The number of aldehydes is 1. The lowest BCUT2D eigenvalue weighted by Gasteiger charge is -2.32. The summed E-state index contributed by atoms with van der Waals surface area (Å²) in [6, 6.07) is 11.9. The average molecular weight is 731 g/mol. The van der Waals surface area contributed by atoms with Crippen molar-refractivity contribution in [1.82, 2.24) is 24.8 Å². The van der Waals surface area contributed by atoms with E-state index in [9.17, 15) is 13.2 Å². The Balaban J connectivity index is 1.74. The molecule has 0 unspecified atom stereocenters. The van der Waals surface area contributed by atoms with E-state index in [4.69, 9.17) is 14.5 Å². The largest absolute Gasteiger partial charge is 0.488 e. The molecule has 0 amide bonds. The van der Waals surface area contributed by atoms with Crippen molar-refractivity contribution >= 4 is 22.3 Å². The van der Waals surface area contributed by atoms with Crippen LogP contribution in [-0.2, 0) is 23.0 Å². The van der Waals surface area contributed by atoms with Crippen LogP contribution in [0, 0.1) is 25.2 Å². The zero-order valence-electron chi connectivity index (χ0n) is 32.2. The molecule has 1 atom stereocenters. The van der Waals surface area contributed by atoms with Crippen molar-refractivity contribution in [2.45, 2.75) is 105 Å². The molecule has 280 valence electrons. The molecule has 12 heteroatoms. The monoisotopic (exact) mass is 730 g/mol. The molecule has 0 fully saturated rings. The highest BCUT2D eigenvalue weighted by molar-refractivity contribution is 7.92. The topological polar surface area (TPSA) is 136 Å². The Labute approximate surface area is 309 Å². The van der Waals surface area contributed by atoms with E-state index in [1.807, 2.05) is 46.9 Å². The van der Waals surface area contributed by atoms with E-state index in [0.717, 1.165) is 36.0 Å². The van der Waals surface area contributed by atoms with E-state index in [0.29, 0.717) is 41.6 Å². The minimum atomic E-state index is -4.15. The van der Waals surface area contributed by atoms with Crippen molar-refractivity contribution in [3.63, 3.8) is 0 Å². The van der Waals surface area contributed by atoms with Gasteiger partial charge in [-0.3, -0.25) is 9.69 Å². The molecule has 0 saturated carbocycles. The zero-order valence-corrected chi connectivity index (χ0v) is 33.0. The van der Waals surface area contributed by atoms with Gasteiger partial charge in [-0.2, -0.15) is 4.98 Å². The Morgan fingerprint density at radius 1 is 0.981 bits per heavy atom. The van der Waals surface area contributed by atoms with E-state index >= 15 is 0 Å². The smallest absolute Gasteiger partial charge is 0.264 e. The van der Waals surface area contributed by atoms with Gasteiger partial charge >= 0.3 is 0 Å². The average Bonchev–Trinajstić information content (AvgIpc) is 3.07. The number of anilines is 1. The van der Waals surface area contributed by atoms with Crippen molar-refractivity contribution in [3.8, 4) is 22.9 Å². The molecule has 11 nitrogen and oxygen atoms in total. The first-order chi connectivity index (χ1) is 24.5. The number of hydrogen-bond acceptors (Lipinski definition) is 10. The first kappa shape index (κ1) is 40.4. The molecule has 52 heavy (non-hydrogen) atoms. The summed E-state index contributed by atoms with van der Waals surface area (Å²) in [7, 11) is -2.13. The second-order valence-corrected chi connectivity index (χ2v) is 17.0. The maximum Gasteiger partial charge on any atom is 0.264 e. The Kier molecular flexibility index (Phi) is 13.5. The Morgan fingerprint density at radius 2 is 1.67 bits per heavy atom. The van der Waals surface area contributed by atoms with Crippen LogP contribution in [0.3, 0.4) is 0 Å². The molecular weight excluding hydrogens is 677 g/mol. The second kappa shape index (κ2) is 17.4. The summed E-state index contributed by atoms with van der Waals surface area (Å²) in [6.07, 6.45) is 6.62. The fourth-order valence-electron chi connectivity index (χ4n) is 5.91. The Morgan fingerprint density at radius 3 is 2.31 bits per heavy atom. The molecule has 0 spiro atoms. The van der Waals surface area contributed by atoms with Crippen molar-refractivity contribution in [2.24, 2.45) is 11.3 Å². The normalized spacial score (nSPS) is 12.7. The van der Waals surface area contributed by atoms with E-state index in [1.165, 1.54) is 18.2 Å². The van der Waals surface area contributed by atoms with Crippen LogP contribution in [0.4, 0.5) is 5.95 Å². The van der Waals surface area contributed by atoms with Crippen molar-refractivity contribution in [3.05, 3.63) is 82.9 Å². The maximum absolute atomic E-state index is 13.6. The molecule has 2 heterocycles. The Bertz CT molecular complexity index is 1920. The third-order valence-electron chi connectivity index (χ3n) is 8.55. The van der Waals surface area contributed by atoms with Gasteiger partial charge in [0.1, 0.15) is 18.7 Å². The SMILES string of the molecule is Cc1cccc(CCC(C)C)c1-c1nc(NS(=O)(=O)c2cccc(C=O)c2)nc(OC[C@@H](CC(C)(C)C)N(C)Cc2ncc(OC(C)C)cn2)c1C. The number of aryl methyl sites for hydroxylation is 2. The van der Waals surface area contributed by atoms with Crippen LogP contribution in [0.25, 0.3) is 11.3 Å². The molecular formula is C40H54N6O5S. The highest BCUT2D eigenvalue weighted by Gasteiger charge is 2.27. The van der Waals surface area contributed by atoms with Crippen LogP contribution < -0.4 is 14.2 Å². The van der Waals surface area contributed by atoms with Crippen LogP contribution >= 0.6 is 0 Å². The summed E-state index contributed by atoms with van der Waals surface area (Å²) in [6.45, 7) is 19.5. The first-order valence-corrected chi connectivity index (χ1v) is 19.3. The van der Waals surface area contributed by atoms with Crippen LogP contribution in [0.1, 0.15) is 94.2 Å². The molecule has 0 aliphatic heterocycles. The molecule has 4 rings (SSSR count). The molecule has 0 aliphatic carbocycles. The highest BCUT2D eigenvalue weighted by Crippen LogP contribution is 2.35. The third-order valence-corrected chi connectivity index (χ3v) is 9.87. The summed E-state index contributed by atoms with van der Waals surface area (Å²) in [5.41, 5.74) is 4.56. The lowest BCUT2D eigenvalue weighted by atomic mass is 9.88. The van der Waals surface area contributed by atoms with E-state index in [2.05, 4.69) is 65.3 Å². The molecule has 0 saturated heterocycles. The van der Waals surface area contributed by atoms with Gasteiger partial charge in [0.2, 0.25) is 11.8 Å². The minimum absolute atomic E-state index is 0.0260. The summed E-state index contributed by atoms with van der Waals surface area (Å²) >= 11 is 0. The van der Waals surface area contributed by atoms with Gasteiger partial charge in [0, 0.05) is 22.7 Å². The Hall–Kier alpha value is -4.42. The standard InChI is InChI=1S/C40H54N6O5S/c1-26(2)17-18-31-15-11-13-28(5)36(31)37-29(6)38(44-39(43-37)45-52(48,49)34-16-12-14-30(19-34)24-47)50-25-32(20-40(7,8)9)46(10)23-35-41-21-33(22-42-35)51-27(3)4/h11-16,19,21-22,24,26-27,32H,17-18,20,23,25H2,1-10H3,(H,43,44,45)/t32-/m1/s1. The van der Waals surface area contributed by atoms with E-state index < -0.39 is 10.0 Å².